The van der Waals surface area contributed by atoms with Gasteiger partial charge >= 0.3 is 0 Å². The molecule has 2 aromatic carbocycles. The third-order valence-electron chi connectivity index (χ3n) is 2.99. The van der Waals surface area contributed by atoms with Gasteiger partial charge in [-0.05, 0) is 33.6 Å². The predicted octanol–water partition coefficient (Wildman–Crippen LogP) is 4.52. The molecule has 0 heterocycles. The summed E-state index contributed by atoms with van der Waals surface area (Å²) in [6, 6.07) is 17.9. The van der Waals surface area contributed by atoms with Gasteiger partial charge in [0.2, 0.25) is 0 Å². The van der Waals surface area contributed by atoms with E-state index < -0.39 is 0 Å². The highest BCUT2D eigenvalue weighted by molar-refractivity contribution is 9.10. The zero-order valence-electron chi connectivity index (χ0n) is 11.1. The molecular formula is C16H15BrN2O. The number of nitrogens with one attached hydrogen (secondary N) is 1. The van der Waals surface area contributed by atoms with Crippen molar-refractivity contribution in [3.8, 4) is 11.8 Å². The lowest BCUT2D eigenvalue weighted by Gasteiger charge is -2.18. The molecule has 3 nitrogen and oxygen atoms in total. The van der Waals surface area contributed by atoms with Gasteiger partial charge in [-0.2, -0.15) is 5.26 Å². The van der Waals surface area contributed by atoms with Crippen molar-refractivity contribution in [3.63, 3.8) is 0 Å². The van der Waals surface area contributed by atoms with Crippen LogP contribution in [0.3, 0.4) is 0 Å². The average molecular weight is 331 g/mol. The number of halogens is 1. The van der Waals surface area contributed by atoms with Crippen molar-refractivity contribution < 1.29 is 4.74 Å². The van der Waals surface area contributed by atoms with E-state index in [9.17, 15) is 0 Å². The predicted molar refractivity (Wildman–Crippen MR) is 83.7 cm³/mol. The Kier molecular flexibility index (Phi) is 5.03. The molecular weight excluding hydrogens is 316 g/mol. The summed E-state index contributed by atoms with van der Waals surface area (Å²) in [5.41, 5.74) is 2.02. The molecule has 0 aliphatic heterocycles. The summed E-state index contributed by atoms with van der Waals surface area (Å²) in [5, 5.41) is 12.4. The minimum Gasteiger partial charge on any atom is -0.495 e. The Morgan fingerprint density at radius 2 is 2.00 bits per heavy atom. The van der Waals surface area contributed by atoms with E-state index in [1.807, 2.05) is 48.5 Å². The smallest absolute Gasteiger partial charge is 0.135 e. The van der Waals surface area contributed by atoms with Gasteiger partial charge in [-0.15, -0.1) is 0 Å². The number of nitrogens with zero attached hydrogens (tertiary/aromatic N) is 1. The highest BCUT2D eigenvalue weighted by Gasteiger charge is 2.11. The first-order valence-corrected chi connectivity index (χ1v) is 7.06. The molecule has 0 spiro atoms. The summed E-state index contributed by atoms with van der Waals surface area (Å²) in [6.45, 7) is 0. The number of nitriles is 1. The van der Waals surface area contributed by atoms with E-state index in [0.29, 0.717) is 6.42 Å². The van der Waals surface area contributed by atoms with E-state index >= 15 is 0 Å². The number of rotatable bonds is 5. The SMILES string of the molecule is COc1cc(NC(CC#N)c2ccccc2)ccc1Br. The van der Waals surface area contributed by atoms with Crippen LogP contribution in [0.2, 0.25) is 0 Å². The number of hydrogen-bond acceptors (Lipinski definition) is 3. The number of benzene rings is 2. The van der Waals surface area contributed by atoms with Crippen LogP contribution < -0.4 is 10.1 Å². The number of anilines is 1. The molecule has 2 aromatic rings. The van der Waals surface area contributed by atoms with Crippen molar-refractivity contribution >= 4 is 21.6 Å². The summed E-state index contributed by atoms with van der Waals surface area (Å²) in [7, 11) is 1.63. The van der Waals surface area contributed by atoms with Gasteiger partial charge in [-0.3, -0.25) is 0 Å². The fourth-order valence-corrected chi connectivity index (χ4v) is 2.39. The maximum Gasteiger partial charge on any atom is 0.135 e. The molecule has 0 fully saturated rings. The average Bonchev–Trinajstić information content (AvgIpc) is 2.49. The van der Waals surface area contributed by atoms with E-state index in [4.69, 9.17) is 10.00 Å². The van der Waals surface area contributed by atoms with Gasteiger partial charge < -0.3 is 10.1 Å². The van der Waals surface area contributed by atoms with Crippen LogP contribution in [-0.2, 0) is 0 Å². The second-order valence-corrected chi connectivity index (χ2v) is 5.17. The molecule has 1 unspecified atom stereocenters. The molecule has 0 radical (unpaired) electrons. The van der Waals surface area contributed by atoms with Crippen LogP contribution in [-0.4, -0.2) is 7.11 Å². The van der Waals surface area contributed by atoms with Crippen LogP contribution in [0, 0.1) is 11.3 Å². The quantitative estimate of drug-likeness (QED) is 0.876. The molecule has 0 aromatic heterocycles. The second kappa shape index (κ2) is 6.97. The lowest BCUT2D eigenvalue weighted by atomic mass is 10.0. The summed E-state index contributed by atoms with van der Waals surface area (Å²) in [6.07, 6.45) is 0.405. The third-order valence-corrected chi connectivity index (χ3v) is 3.64. The summed E-state index contributed by atoms with van der Waals surface area (Å²) < 4.78 is 6.19. The second-order valence-electron chi connectivity index (χ2n) is 4.32. The highest BCUT2D eigenvalue weighted by atomic mass is 79.9. The lowest BCUT2D eigenvalue weighted by Crippen LogP contribution is -2.10. The van der Waals surface area contributed by atoms with Crippen molar-refractivity contribution in [1.29, 1.82) is 5.26 Å². The van der Waals surface area contributed by atoms with E-state index in [1.165, 1.54) is 0 Å². The molecule has 2 rings (SSSR count). The molecule has 1 atom stereocenters. The molecule has 4 heteroatoms. The zero-order valence-corrected chi connectivity index (χ0v) is 12.7. The molecule has 20 heavy (non-hydrogen) atoms. The van der Waals surface area contributed by atoms with Gasteiger partial charge in [0.15, 0.2) is 0 Å². The van der Waals surface area contributed by atoms with Crippen molar-refractivity contribution in [2.75, 3.05) is 12.4 Å². The molecule has 102 valence electrons. The van der Waals surface area contributed by atoms with Crippen molar-refractivity contribution in [2.24, 2.45) is 0 Å². The van der Waals surface area contributed by atoms with Crippen LogP contribution >= 0.6 is 15.9 Å². The van der Waals surface area contributed by atoms with Crippen molar-refractivity contribution in [2.45, 2.75) is 12.5 Å². The Bertz CT molecular complexity index is 608. The van der Waals surface area contributed by atoms with E-state index in [0.717, 1.165) is 21.5 Å². The van der Waals surface area contributed by atoms with Crippen LogP contribution in [0.25, 0.3) is 0 Å². The summed E-state index contributed by atoms with van der Waals surface area (Å²) in [4.78, 5) is 0. The minimum absolute atomic E-state index is 0.0351. The minimum atomic E-state index is -0.0351. The van der Waals surface area contributed by atoms with Gasteiger partial charge in [-0.1, -0.05) is 30.3 Å². The molecule has 0 amide bonds. The topological polar surface area (TPSA) is 45.0 Å². The first kappa shape index (κ1) is 14.4. The molecule has 0 aliphatic rings. The van der Waals surface area contributed by atoms with Gasteiger partial charge in [-0.25, -0.2) is 0 Å². The van der Waals surface area contributed by atoms with E-state index in [1.54, 1.807) is 7.11 Å². The number of ether oxygens (including phenoxy) is 1. The third kappa shape index (κ3) is 3.52. The van der Waals surface area contributed by atoms with Crippen molar-refractivity contribution in [3.05, 3.63) is 58.6 Å². The molecule has 1 N–H and O–H groups in total. The fraction of sp³-hybridized carbons (Fsp3) is 0.188. The van der Waals surface area contributed by atoms with E-state index in [2.05, 4.69) is 27.3 Å². The normalized spacial score (nSPS) is 11.4. The summed E-state index contributed by atoms with van der Waals surface area (Å²) in [5.74, 6) is 0.763. The van der Waals surface area contributed by atoms with Crippen LogP contribution in [0.4, 0.5) is 5.69 Å². The lowest BCUT2D eigenvalue weighted by molar-refractivity contribution is 0.412. The Morgan fingerprint density at radius 3 is 2.65 bits per heavy atom. The van der Waals surface area contributed by atoms with Gasteiger partial charge in [0.1, 0.15) is 5.75 Å². The Labute approximate surface area is 127 Å². The molecule has 0 aliphatic carbocycles. The van der Waals surface area contributed by atoms with Crippen LogP contribution in [0.15, 0.2) is 53.0 Å². The van der Waals surface area contributed by atoms with Gasteiger partial charge in [0, 0.05) is 11.8 Å². The molecule has 0 saturated heterocycles. The van der Waals surface area contributed by atoms with Gasteiger partial charge in [0.05, 0.1) is 30.1 Å². The number of methoxy groups -OCH3 is 1. The summed E-state index contributed by atoms with van der Waals surface area (Å²) >= 11 is 3.43. The first-order valence-electron chi connectivity index (χ1n) is 6.26. The number of hydrogen-bond donors (Lipinski definition) is 1. The Hall–Kier alpha value is -1.99. The van der Waals surface area contributed by atoms with Crippen molar-refractivity contribution in [1.82, 2.24) is 0 Å². The van der Waals surface area contributed by atoms with Gasteiger partial charge in [0.25, 0.3) is 0 Å². The molecule has 0 bridgehead atoms. The van der Waals surface area contributed by atoms with Crippen LogP contribution in [0.5, 0.6) is 5.75 Å². The monoisotopic (exact) mass is 330 g/mol. The van der Waals surface area contributed by atoms with E-state index in [-0.39, 0.29) is 6.04 Å². The largest absolute Gasteiger partial charge is 0.495 e. The van der Waals surface area contributed by atoms with Crippen LogP contribution in [0.1, 0.15) is 18.0 Å². The maximum absolute atomic E-state index is 9.00. The molecule has 0 saturated carbocycles. The maximum atomic E-state index is 9.00. The standard InChI is InChI=1S/C16H15BrN2O/c1-20-16-11-13(7-8-14(16)17)19-15(9-10-18)12-5-3-2-4-6-12/h2-8,11,15,19H,9H2,1H3. The zero-order chi connectivity index (χ0) is 14.4. The Morgan fingerprint density at radius 1 is 1.25 bits per heavy atom. The Balaban J connectivity index is 2.23. The first-order chi connectivity index (χ1) is 9.74. The highest BCUT2D eigenvalue weighted by Crippen LogP contribution is 2.30. The fourth-order valence-electron chi connectivity index (χ4n) is 1.98.